The molecule has 3 rings (SSSR count). The van der Waals surface area contributed by atoms with Gasteiger partial charge in [-0.25, -0.2) is 4.68 Å². The fourth-order valence-corrected chi connectivity index (χ4v) is 3.70. The first kappa shape index (κ1) is 17.5. The number of furan rings is 1. The van der Waals surface area contributed by atoms with Gasteiger partial charge in [-0.3, -0.25) is 9.69 Å². The van der Waals surface area contributed by atoms with Crippen LogP contribution in [-0.4, -0.2) is 40.8 Å². The molecule has 1 saturated heterocycles. The average Bonchev–Trinajstić information content (AvgIpc) is 3.27. The second-order valence-corrected chi connectivity index (χ2v) is 6.57. The lowest BCUT2D eigenvalue weighted by molar-refractivity contribution is -0.123. The van der Waals surface area contributed by atoms with Crippen LogP contribution in [0.1, 0.15) is 48.9 Å². The maximum absolute atomic E-state index is 12.5. The molecule has 2 aromatic heterocycles. The lowest BCUT2D eigenvalue weighted by Gasteiger charge is -2.25. The third kappa shape index (κ3) is 3.56. The van der Waals surface area contributed by atoms with Gasteiger partial charge < -0.3 is 14.5 Å². The van der Waals surface area contributed by atoms with E-state index in [1.54, 1.807) is 18.1 Å². The summed E-state index contributed by atoms with van der Waals surface area (Å²) in [7, 11) is 3.55. The number of carbonyl (C=O) groups is 1. The van der Waals surface area contributed by atoms with E-state index < -0.39 is 0 Å². The van der Waals surface area contributed by atoms with Crippen LogP contribution in [0.2, 0.25) is 0 Å². The minimum atomic E-state index is -0.141. The second-order valence-electron chi connectivity index (χ2n) is 6.57. The molecular formula is C18H26N4O3. The van der Waals surface area contributed by atoms with E-state index in [-0.39, 0.29) is 18.0 Å². The van der Waals surface area contributed by atoms with Crippen molar-refractivity contribution < 1.29 is 13.9 Å². The number of likely N-dealkylation sites (tertiary alicyclic amines) is 1. The fraction of sp³-hybridized carbons (Fsp3) is 0.556. The number of nitrogens with zero attached hydrogens (tertiary/aromatic N) is 3. The maximum Gasteiger partial charge on any atom is 0.234 e. The molecule has 1 fully saturated rings. The monoisotopic (exact) mass is 346 g/mol. The molecule has 1 amide bonds. The Kier molecular flexibility index (Phi) is 5.13. The Morgan fingerprint density at radius 1 is 1.56 bits per heavy atom. The zero-order valence-electron chi connectivity index (χ0n) is 15.3. The van der Waals surface area contributed by atoms with E-state index in [2.05, 4.69) is 15.3 Å². The van der Waals surface area contributed by atoms with Crippen molar-refractivity contribution in [2.45, 2.75) is 38.8 Å². The van der Waals surface area contributed by atoms with Crippen molar-refractivity contribution in [3.63, 3.8) is 0 Å². The van der Waals surface area contributed by atoms with Crippen LogP contribution < -0.4 is 10.1 Å². The Morgan fingerprint density at radius 2 is 2.36 bits per heavy atom. The lowest BCUT2D eigenvalue weighted by atomic mass is 10.0. The van der Waals surface area contributed by atoms with Gasteiger partial charge in [0.05, 0.1) is 37.2 Å². The SMILES string of the molecule is COc1c([C@@H]2CCCN2CC(=O)N[C@@H](C)c2ccco2)c(C)nn1C. The molecule has 0 unspecified atom stereocenters. The molecule has 7 heteroatoms. The van der Waals surface area contributed by atoms with E-state index >= 15 is 0 Å². The highest BCUT2D eigenvalue weighted by molar-refractivity contribution is 5.78. The largest absolute Gasteiger partial charge is 0.481 e. The first-order chi connectivity index (χ1) is 12.0. The summed E-state index contributed by atoms with van der Waals surface area (Å²) in [4.78, 5) is 14.7. The summed E-state index contributed by atoms with van der Waals surface area (Å²) < 4.78 is 12.7. The van der Waals surface area contributed by atoms with Crippen LogP contribution in [0.25, 0.3) is 0 Å². The molecule has 1 N–H and O–H groups in total. The Morgan fingerprint density at radius 3 is 3.04 bits per heavy atom. The quantitative estimate of drug-likeness (QED) is 0.869. The Labute approximate surface area is 147 Å². The van der Waals surface area contributed by atoms with Crippen LogP contribution in [-0.2, 0) is 11.8 Å². The highest BCUT2D eigenvalue weighted by Crippen LogP contribution is 2.38. The van der Waals surface area contributed by atoms with Crippen LogP contribution in [0, 0.1) is 6.92 Å². The number of amides is 1. The standard InChI is InChI=1S/C18H26N4O3/c1-12(15-8-6-10-25-15)19-16(23)11-22-9-5-7-14(22)17-13(2)20-21(3)18(17)24-4/h6,8,10,12,14H,5,7,9,11H2,1-4H3,(H,19,23)/t12-,14-/m0/s1. The van der Waals surface area contributed by atoms with Gasteiger partial charge in [-0.1, -0.05) is 0 Å². The molecule has 0 aromatic carbocycles. The van der Waals surface area contributed by atoms with Crippen LogP contribution >= 0.6 is 0 Å². The molecular weight excluding hydrogens is 320 g/mol. The third-order valence-corrected chi connectivity index (χ3v) is 4.80. The predicted octanol–water partition coefficient (Wildman–Crippen LogP) is 2.34. The van der Waals surface area contributed by atoms with Gasteiger partial charge in [-0.05, 0) is 45.4 Å². The molecule has 1 aliphatic heterocycles. The zero-order valence-corrected chi connectivity index (χ0v) is 15.3. The average molecular weight is 346 g/mol. The summed E-state index contributed by atoms with van der Waals surface area (Å²) in [5.74, 6) is 1.53. The van der Waals surface area contributed by atoms with Gasteiger partial charge >= 0.3 is 0 Å². The number of nitrogens with one attached hydrogen (secondary N) is 1. The normalized spacial score (nSPS) is 19.1. The van der Waals surface area contributed by atoms with Gasteiger partial charge in [-0.2, -0.15) is 5.10 Å². The topological polar surface area (TPSA) is 72.5 Å². The van der Waals surface area contributed by atoms with Crippen molar-refractivity contribution in [1.82, 2.24) is 20.0 Å². The summed E-state index contributed by atoms with van der Waals surface area (Å²) in [6.45, 7) is 5.16. The van der Waals surface area contributed by atoms with E-state index in [9.17, 15) is 4.79 Å². The summed E-state index contributed by atoms with van der Waals surface area (Å²) in [5, 5.41) is 7.48. The van der Waals surface area contributed by atoms with Gasteiger partial charge in [0.2, 0.25) is 11.8 Å². The number of rotatable bonds is 6. The third-order valence-electron chi connectivity index (χ3n) is 4.80. The molecule has 2 atom stereocenters. The summed E-state index contributed by atoms with van der Waals surface area (Å²) in [6.07, 6.45) is 3.68. The maximum atomic E-state index is 12.5. The van der Waals surface area contributed by atoms with Crippen molar-refractivity contribution in [3.8, 4) is 5.88 Å². The predicted molar refractivity (Wildman–Crippen MR) is 93.3 cm³/mol. The number of ether oxygens (including phenoxy) is 1. The number of carbonyl (C=O) groups excluding carboxylic acids is 1. The molecule has 25 heavy (non-hydrogen) atoms. The zero-order chi connectivity index (χ0) is 18.0. The van der Waals surface area contributed by atoms with Gasteiger partial charge in [0.1, 0.15) is 5.76 Å². The fourth-order valence-electron chi connectivity index (χ4n) is 3.70. The number of aromatic nitrogens is 2. The number of methoxy groups -OCH3 is 1. The Hall–Kier alpha value is -2.28. The van der Waals surface area contributed by atoms with E-state index in [1.165, 1.54) is 0 Å². The number of hydrogen-bond acceptors (Lipinski definition) is 5. The van der Waals surface area contributed by atoms with Crippen molar-refractivity contribution >= 4 is 5.91 Å². The molecule has 0 spiro atoms. The van der Waals surface area contributed by atoms with Crippen LogP contribution in [0.5, 0.6) is 5.88 Å². The van der Waals surface area contributed by atoms with Crippen LogP contribution in [0.3, 0.4) is 0 Å². The van der Waals surface area contributed by atoms with Crippen molar-refractivity contribution in [1.29, 1.82) is 0 Å². The first-order valence-corrected chi connectivity index (χ1v) is 8.65. The van der Waals surface area contributed by atoms with Crippen molar-refractivity contribution in [2.24, 2.45) is 7.05 Å². The molecule has 3 heterocycles. The molecule has 7 nitrogen and oxygen atoms in total. The number of hydrogen-bond donors (Lipinski definition) is 1. The van der Waals surface area contributed by atoms with E-state index in [1.807, 2.05) is 33.0 Å². The first-order valence-electron chi connectivity index (χ1n) is 8.65. The van der Waals surface area contributed by atoms with E-state index in [0.29, 0.717) is 6.54 Å². The Balaban J connectivity index is 1.69. The summed E-state index contributed by atoms with van der Waals surface area (Å²) in [6, 6.07) is 3.71. The van der Waals surface area contributed by atoms with Gasteiger partial charge in [0.25, 0.3) is 0 Å². The smallest absolute Gasteiger partial charge is 0.234 e. The number of aryl methyl sites for hydroxylation is 2. The van der Waals surface area contributed by atoms with Gasteiger partial charge in [0, 0.05) is 13.1 Å². The molecule has 0 bridgehead atoms. The molecule has 136 valence electrons. The van der Waals surface area contributed by atoms with Crippen molar-refractivity contribution in [3.05, 3.63) is 35.4 Å². The summed E-state index contributed by atoms with van der Waals surface area (Å²) in [5.41, 5.74) is 2.05. The molecule has 2 aromatic rings. The van der Waals surface area contributed by atoms with Gasteiger partial charge in [-0.15, -0.1) is 0 Å². The molecule has 0 aliphatic carbocycles. The molecule has 1 aliphatic rings. The highest BCUT2D eigenvalue weighted by atomic mass is 16.5. The summed E-state index contributed by atoms with van der Waals surface area (Å²) >= 11 is 0. The Bertz CT molecular complexity index is 723. The molecule has 0 saturated carbocycles. The lowest BCUT2D eigenvalue weighted by Crippen LogP contribution is -2.38. The highest BCUT2D eigenvalue weighted by Gasteiger charge is 2.33. The minimum absolute atomic E-state index is 0.00342. The van der Waals surface area contributed by atoms with Crippen molar-refractivity contribution in [2.75, 3.05) is 20.2 Å². The second kappa shape index (κ2) is 7.31. The van der Waals surface area contributed by atoms with E-state index in [0.717, 1.165) is 42.3 Å². The molecule has 0 radical (unpaired) electrons. The minimum Gasteiger partial charge on any atom is -0.481 e. The van der Waals surface area contributed by atoms with Gasteiger partial charge in [0.15, 0.2) is 0 Å². The van der Waals surface area contributed by atoms with Crippen LogP contribution in [0.15, 0.2) is 22.8 Å². The van der Waals surface area contributed by atoms with E-state index in [4.69, 9.17) is 9.15 Å². The van der Waals surface area contributed by atoms with Crippen LogP contribution in [0.4, 0.5) is 0 Å².